The Morgan fingerprint density at radius 3 is 2.50 bits per heavy atom. The molecule has 2 amide bonds. The number of piperazine rings is 1. The van der Waals surface area contributed by atoms with Gasteiger partial charge in [-0.25, -0.2) is 0 Å². The van der Waals surface area contributed by atoms with Gasteiger partial charge in [-0.05, 0) is 56.2 Å². The zero-order valence-corrected chi connectivity index (χ0v) is 18.4. The van der Waals surface area contributed by atoms with Crippen molar-refractivity contribution in [2.45, 2.75) is 26.9 Å². The van der Waals surface area contributed by atoms with Gasteiger partial charge in [0.15, 0.2) is 6.10 Å². The molecule has 1 atom stereocenters. The van der Waals surface area contributed by atoms with Gasteiger partial charge in [0.05, 0.1) is 6.54 Å². The first-order valence-corrected chi connectivity index (χ1v) is 10.5. The summed E-state index contributed by atoms with van der Waals surface area (Å²) in [6, 6.07) is 12.9. The van der Waals surface area contributed by atoms with Crippen LogP contribution >= 0.6 is 11.6 Å². The van der Waals surface area contributed by atoms with E-state index in [0.717, 1.165) is 16.8 Å². The van der Waals surface area contributed by atoms with E-state index in [0.29, 0.717) is 43.5 Å². The predicted octanol–water partition coefficient (Wildman–Crippen LogP) is 3.51. The van der Waals surface area contributed by atoms with Crippen LogP contribution in [0.3, 0.4) is 0 Å². The van der Waals surface area contributed by atoms with Crippen molar-refractivity contribution < 1.29 is 14.3 Å². The Balaban J connectivity index is 1.46. The van der Waals surface area contributed by atoms with Gasteiger partial charge in [-0.15, -0.1) is 0 Å². The van der Waals surface area contributed by atoms with Crippen LogP contribution in [0.2, 0.25) is 5.02 Å². The molecule has 2 aromatic carbocycles. The summed E-state index contributed by atoms with van der Waals surface area (Å²) in [4.78, 5) is 29.0. The highest BCUT2D eigenvalue weighted by molar-refractivity contribution is 6.30. The van der Waals surface area contributed by atoms with Crippen LogP contribution in [0.5, 0.6) is 5.75 Å². The lowest BCUT2D eigenvalue weighted by molar-refractivity contribution is -0.139. The fourth-order valence-electron chi connectivity index (χ4n) is 3.46. The Morgan fingerprint density at radius 1 is 1.10 bits per heavy atom. The molecule has 6 nitrogen and oxygen atoms in total. The van der Waals surface area contributed by atoms with Gasteiger partial charge in [0, 0.05) is 36.9 Å². The molecule has 7 heteroatoms. The number of carbonyl (C=O) groups is 2. The molecular weight excluding hydrogens is 402 g/mol. The first-order valence-electron chi connectivity index (χ1n) is 10.1. The average Bonchev–Trinajstić information content (AvgIpc) is 2.71. The fraction of sp³-hybridized carbons (Fsp3) is 0.391. The molecule has 0 aromatic heterocycles. The first kappa shape index (κ1) is 22.1. The summed E-state index contributed by atoms with van der Waals surface area (Å²) in [5.41, 5.74) is 3.07. The summed E-state index contributed by atoms with van der Waals surface area (Å²) in [6.45, 7) is 8.51. The molecular formula is C23H28ClN3O3. The zero-order valence-electron chi connectivity index (χ0n) is 17.7. The number of nitrogens with zero attached hydrogens (tertiary/aromatic N) is 2. The maximum atomic E-state index is 12.7. The minimum Gasteiger partial charge on any atom is -0.481 e. The van der Waals surface area contributed by atoms with E-state index in [4.69, 9.17) is 16.3 Å². The highest BCUT2D eigenvalue weighted by Crippen LogP contribution is 2.20. The van der Waals surface area contributed by atoms with Crippen LogP contribution < -0.4 is 10.1 Å². The number of halogens is 1. The monoisotopic (exact) mass is 429 g/mol. The van der Waals surface area contributed by atoms with Crippen molar-refractivity contribution in [3.05, 3.63) is 58.6 Å². The summed E-state index contributed by atoms with van der Waals surface area (Å²) in [7, 11) is 0. The Morgan fingerprint density at radius 2 is 1.80 bits per heavy atom. The van der Waals surface area contributed by atoms with Gasteiger partial charge in [0.1, 0.15) is 5.75 Å². The van der Waals surface area contributed by atoms with Crippen LogP contribution in [0, 0.1) is 13.8 Å². The van der Waals surface area contributed by atoms with E-state index >= 15 is 0 Å². The third kappa shape index (κ3) is 5.74. The van der Waals surface area contributed by atoms with Gasteiger partial charge >= 0.3 is 0 Å². The summed E-state index contributed by atoms with van der Waals surface area (Å²) in [5.74, 6) is 0.473. The van der Waals surface area contributed by atoms with E-state index in [2.05, 4.69) is 10.2 Å². The van der Waals surface area contributed by atoms with Gasteiger partial charge in [-0.2, -0.15) is 0 Å². The minimum atomic E-state index is -0.595. The molecule has 1 heterocycles. The molecule has 1 unspecified atom stereocenters. The van der Waals surface area contributed by atoms with Crippen LogP contribution in [0.1, 0.15) is 18.1 Å². The lowest BCUT2D eigenvalue weighted by Gasteiger charge is -2.35. The molecule has 2 aromatic rings. The third-order valence-corrected chi connectivity index (χ3v) is 5.62. The smallest absolute Gasteiger partial charge is 0.263 e. The summed E-state index contributed by atoms with van der Waals surface area (Å²) in [5, 5.41) is 3.56. The molecule has 0 spiro atoms. The highest BCUT2D eigenvalue weighted by atomic mass is 35.5. The maximum absolute atomic E-state index is 12.7. The van der Waals surface area contributed by atoms with Crippen LogP contribution in [0.4, 0.5) is 5.69 Å². The second kappa shape index (κ2) is 9.96. The molecule has 0 aliphatic carbocycles. The topological polar surface area (TPSA) is 61.9 Å². The predicted molar refractivity (Wildman–Crippen MR) is 119 cm³/mol. The number of benzene rings is 2. The zero-order chi connectivity index (χ0) is 21.7. The number of hydrogen-bond donors (Lipinski definition) is 1. The lowest BCUT2D eigenvalue weighted by Crippen LogP contribution is -2.53. The molecule has 3 rings (SSSR count). The van der Waals surface area contributed by atoms with Gasteiger partial charge in [-0.1, -0.05) is 29.8 Å². The van der Waals surface area contributed by atoms with Crippen LogP contribution in [-0.2, 0) is 9.59 Å². The van der Waals surface area contributed by atoms with E-state index in [-0.39, 0.29) is 11.8 Å². The highest BCUT2D eigenvalue weighted by Gasteiger charge is 2.27. The molecule has 160 valence electrons. The van der Waals surface area contributed by atoms with Crippen molar-refractivity contribution in [3.63, 3.8) is 0 Å². The van der Waals surface area contributed by atoms with Crippen molar-refractivity contribution >= 4 is 29.1 Å². The van der Waals surface area contributed by atoms with Gasteiger partial charge in [-0.3, -0.25) is 14.5 Å². The number of anilines is 1. The molecule has 1 aliphatic rings. The Hall–Kier alpha value is -2.57. The van der Waals surface area contributed by atoms with Gasteiger partial charge in [0.2, 0.25) is 5.91 Å². The molecule has 1 fully saturated rings. The number of amides is 2. The number of carbonyl (C=O) groups excluding carboxylic acids is 2. The minimum absolute atomic E-state index is 0.0406. The van der Waals surface area contributed by atoms with Crippen LogP contribution in [-0.4, -0.2) is 60.4 Å². The van der Waals surface area contributed by atoms with Crippen molar-refractivity contribution in [1.82, 2.24) is 9.80 Å². The Kier molecular flexibility index (Phi) is 7.34. The van der Waals surface area contributed by atoms with E-state index in [1.54, 1.807) is 36.1 Å². The number of aryl methyl sites for hydroxylation is 1. The summed E-state index contributed by atoms with van der Waals surface area (Å²) >= 11 is 5.97. The quantitative estimate of drug-likeness (QED) is 0.763. The number of rotatable bonds is 6. The fourth-order valence-corrected chi connectivity index (χ4v) is 3.64. The summed E-state index contributed by atoms with van der Waals surface area (Å²) in [6.07, 6.45) is -0.595. The standard InChI is InChI=1S/C23H28ClN3O3/c1-16-6-4-9-21(17(16)2)25-22(28)15-26-10-12-27(13-11-26)23(29)18(3)30-20-8-5-7-19(24)14-20/h4-9,14,18H,10-13,15H2,1-3H3,(H,25,28). The number of hydrogen-bond acceptors (Lipinski definition) is 4. The molecule has 30 heavy (non-hydrogen) atoms. The lowest BCUT2D eigenvalue weighted by atomic mass is 10.1. The van der Waals surface area contributed by atoms with Crippen molar-refractivity contribution in [3.8, 4) is 5.75 Å². The summed E-state index contributed by atoms with van der Waals surface area (Å²) < 4.78 is 5.74. The van der Waals surface area contributed by atoms with E-state index in [9.17, 15) is 9.59 Å². The van der Waals surface area contributed by atoms with E-state index in [1.807, 2.05) is 32.0 Å². The van der Waals surface area contributed by atoms with E-state index in [1.165, 1.54) is 0 Å². The van der Waals surface area contributed by atoms with Crippen molar-refractivity contribution in [2.75, 3.05) is 38.0 Å². The number of nitrogens with one attached hydrogen (secondary N) is 1. The maximum Gasteiger partial charge on any atom is 0.263 e. The normalized spacial score (nSPS) is 15.5. The van der Waals surface area contributed by atoms with Crippen molar-refractivity contribution in [2.24, 2.45) is 0 Å². The van der Waals surface area contributed by atoms with Crippen molar-refractivity contribution in [1.29, 1.82) is 0 Å². The second-order valence-electron chi connectivity index (χ2n) is 7.61. The van der Waals surface area contributed by atoms with Crippen LogP contribution in [0.25, 0.3) is 0 Å². The largest absolute Gasteiger partial charge is 0.481 e. The van der Waals surface area contributed by atoms with Crippen LogP contribution in [0.15, 0.2) is 42.5 Å². The SMILES string of the molecule is Cc1cccc(NC(=O)CN2CCN(C(=O)C(C)Oc3cccc(Cl)c3)CC2)c1C. The Bertz CT molecular complexity index is 910. The molecule has 0 bridgehead atoms. The van der Waals surface area contributed by atoms with Gasteiger partial charge in [0.25, 0.3) is 5.91 Å². The number of ether oxygens (including phenoxy) is 1. The molecule has 0 radical (unpaired) electrons. The Labute approximate surface area is 182 Å². The van der Waals surface area contributed by atoms with E-state index < -0.39 is 6.10 Å². The molecule has 1 aliphatic heterocycles. The third-order valence-electron chi connectivity index (χ3n) is 5.39. The average molecular weight is 430 g/mol. The van der Waals surface area contributed by atoms with Gasteiger partial charge < -0.3 is 15.0 Å². The molecule has 1 saturated heterocycles. The first-order chi connectivity index (χ1) is 14.3. The molecule has 0 saturated carbocycles. The second-order valence-corrected chi connectivity index (χ2v) is 8.05. The molecule has 1 N–H and O–H groups in total.